The number of benzene rings is 2. The van der Waals surface area contributed by atoms with Crippen LogP contribution in [-0.2, 0) is 11.3 Å². The molecule has 204 valence electrons. The minimum absolute atomic E-state index is 0.0480. The van der Waals surface area contributed by atoms with Gasteiger partial charge in [-0.15, -0.1) is 5.10 Å². The van der Waals surface area contributed by atoms with Crippen molar-refractivity contribution in [2.45, 2.75) is 38.5 Å². The highest BCUT2D eigenvalue weighted by molar-refractivity contribution is 5.80. The van der Waals surface area contributed by atoms with Gasteiger partial charge in [0.15, 0.2) is 5.82 Å². The van der Waals surface area contributed by atoms with E-state index >= 15 is 0 Å². The second-order valence-corrected chi connectivity index (χ2v) is 9.99. The van der Waals surface area contributed by atoms with Crippen molar-refractivity contribution in [1.29, 1.82) is 0 Å². The molecular weight excluding hydrogens is 501 g/mol. The Balaban J connectivity index is 1.36. The molecule has 4 aromatic rings. The van der Waals surface area contributed by atoms with Crippen LogP contribution in [0.5, 0.6) is 5.75 Å². The number of tetrazole rings is 1. The highest BCUT2D eigenvalue weighted by Crippen LogP contribution is 2.30. The second-order valence-electron chi connectivity index (χ2n) is 9.99. The van der Waals surface area contributed by atoms with Crippen molar-refractivity contribution in [3.8, 4) is 5.75 Å². The fourth-order valence-electron chi connectivity index (χ4n) is 5.57. The molecule has 2 fully saturated rings. The molecule has 0 bridgehead atoms. The molecule has 6 rings (SSSR count). The Bertz CT molecular complexity index is 1470. The summed E-state index contributed by atoms with van der Waals surface area (Å²) in [5, 5.41) is 13.6. The average Bonchev–Trinajstić information content (AvgIpc) is 3.63. The zero-order chi connectivity index (χ0) is 26.8. The van der Waals surface area contributed by atoms with E-state index in [0.717, 1.165) is 54.9 Å². The Labute approximate surface area is 225 Å². The lowest BCUT2D eigenvalue weighted by atomic mass is 10.0. The van der Waals surface area contributed by atoms with Crippen molar-refractivity contribution in [2.75, 3.05) is 44.3 Å². The Morgan fingerprint density at radius 2 is 1.95 bits per heavy atom. The number of ether oxygens (including phenoxy) is 2. The van der Waals surface area contributed by atoms with E-state index in [0.29, 0.717) is 37.6 Å². The fraction of sp³-hybridized carbons (Fsp3) is 0.429. The number of rotatable bonds is 8. The lowest BCUT2D eigenvalue weighted by molar-refractivity contribution is 0.0906. The first-order valence-electron chi connectivity index (χ1n) is 13.5. The topological polar surface area (TPSA) is 101 Å². The number of hydrogen-bond acceptors (Lipinski definition) is 8. The standard InChI is InChI=1S/C28H32FN7O3/c1-2-38-22-9-10-25-19(16-22)17-24(28(37)30-25)26(27-31-32-33-36(27)18-23-4-3-15-39-23)35-13-11-34(12-14-35)21-7-5-20(29)6-8-21/h5-10,16-17,23,26H,2-4,11-15,18H2,1H3,(H,30,37)/t23-,26-/m1/s1. The van der Waals surface area contributed by atoms with Crippen LogP contribution in [-0.4, -0.2) is 75.6 Å². The van der Waals surface area contributed by atoms with Crippen LogP contribution in [0.1, 0.15) is 37.2 Å². The SMILES string of the molecule is CCOc1ccc2[nH]c(=O)c([C@H](c3nnnn3C[C@H]3CCCO3)N3CCN(c4ccc(F)cc4)CC3)cc2c1. The average molecular weight is 534 g/mol. The van der Waals surface area contributed by atoms with Crippen LogP contribution in [0.4, 0.5) is 10.1 Å². The zero-order valence-corrected chi connectivity index (χ0v) is 21.9. The third kappa shape index (κ3) is 5.37. The molecule has 10 nitrogen and oxygen atoms in total. The summed E-state index contributed by atoms with van der Waals surface area (Å²) in [6, 6.07) is 13.7. The molecule has 39 heavy (non-hydrogen) atoms. The van der Waals surface area contributed by atoms with Crippen molar-refractivity contribution in [3.05, 3.63) is 76.1 Å². The van der Waals surface area contributed by atoms with Gasteiger partial charge < -0.3 is 19.4 Å². The van der Waals surface area contributed by atoms with Gasteiger partial charge in [0.1, 0.15) is 17.6 Å². The molecule has 0 unspecified atom stereocenters. The maximum absolute atomic E-state index is 13.5. The first kappa shape index (κ1) is 25.4. The van der Waals surface area contributed by atoms with Gasteiger partial charge in [-0.05, 0) is 78.7 Å². The molecule has 2 aromatic carbocycles. The third-order valence-electron chi connectivity index (χ3n) is 7.53. The molecule has 4 heterocycles. The number of anilines is 1. The fourth-order valence-corrected chi connectivity index (χ4v) is 5.57. The van der Waals surface area contributed by atoms with Gasteiger partial charge in [0.05, 0.1) is 19.3 Å². The smallest absolute Gasteiger partial charge is 0.253 e. The molecule has 11 heteroatoms. The summed E-state index contributed by atoms with van der Waals surface area (Å²) in [7, 11) is 0. The summed E-state index contributed by atoms with van der Waals surface area (Å²) in [6.07, 6.45) is 2.02. The predicted octanol–water partition coefficient (Wildman–Crippen LogP) is 3.14. The van der Waals surface area contributed by atoms with E-state index in [-0.39, 0.29) is 17.5 Å². The Hall–Kier alpha value is -3.83. The lowest BCUT2D eigenvalue weighted by Gasteiger charge is -2.39. The van der Waals surface area contributed by atoms with Gasteiger partial charge in [-0.2, -0.15) is 0 Å². The van der Waals surface area contributed by atoms with Gasteiger partial charge >= 0.3 is 0 Å². The van der Waals surface area contributed by atoms with Gasteiger partial charge in [0.2, 0.25) is 0 Å². The van der Waals surface area contributed by atoms with Crippen LogP contribution in [0, 0.1) is 5.82 Å². The first-order chi connectivity index (χ1) is 19.1. The number of H-pyrrole nitrogens is 1. The highest BCUT2D eigenvalue weighted by atomic mass is 19.1. The van der Waals surface area contributed by atoms with E-state index < -0.39 is 6.04 Å². The number of hydrogen-bond donors (Lipinski definition) is 1. The van der Waals surface area contributed by atoms with E-state index in [2.05, 4.69) is 30.3 Å². The number of nitrogens with one attached hydrogen (secondary N) is 1. The molecule has 0 saturated carbocycles. The molecule has 2 aliphatic rings. The molecule has 0 spiro atoms. The monoisotopic (exact) mass is 533 g/mol. The molecule has 2 aromatic heterocycles. The van der Waals surface area contributed by atoms with Gasteiger partial charge in [0.25, 0.3) is 5.56 Å². The van der Waals surface area contributed by atoms with E-state index in [9.17, 15) is 9.18 Å². The van der Waals surface area contributed by atoms with Crippen molar-refractivity contribution in [3.63, 3.8) is 0 Å². The number of nitrogens with zero attached hydrogens (tertiary/aromatic N) is 6. The molecule has 1 N–H and O–H groups in total. The number of aromatic amines is 1. The summed E-state index contributed by atoms with van der Waals surface area (Å²) in [6.45, 7) is 6.55. The van der Waals surface area contributed by atoms with Crippen LogP contribution >= 0.6 is 0 Å². The Kier molecular flexibility index (Phi) is 7.25. The zero-order valence-electron chi connectivity index (χ0n) is 21.9. The summed E-state index contributed by atoms with van der Waals surface area (Å²) in [5.41, 5.74) is 2.12. The molecular formula is C28H32FN7O3. The highest BCUT2D eigenvalue weighted by Gasteiger charge is 2.33. The van der Waals surface area contributed by atoms with E-state index in [1.165, 1.54) is 12.1 Å². The Morgan fingerprint density at radius 3 is 2.69 bits per heavy atom. The van der Waals surface area contributed by atoms with Crippen LogP contribution in [0.15, 0.2) is 53.3 Å². The molecule has 0 amide bonds. The first-order valence-corrected chi connectivity index (χ1v) is 13.5. The van der Waals surface area contributed by atoms with Crippen molar-refractivity contribution in [1.82, 2.24) is 30.1 Å². The molecule has 2 atom stereocenters. The van der Waals surface area contributed by atoms with E-state index in [1.807, 2.05) is 31.2 Å². The maximum Gasteiger partial charge on any atom is 0.253 e. The molecule has 0 radical (unpaired) electrons. The summed E-state index contributed by atoms with van der Waals surface area (Å²) in [4.78, 5) is 21.1. The van der Waals surface area contributed by atoms with E-state index in [1.54, 1.807) is 16.8 Å². The number of fused-ring (bicyclic) bond motifs is 1. The lowest BCUT2D eigenvalue weighted by Crippen LogP contribution is -2.49. The number of aromatic nitrogens is 5. The minimum Gasteiger partial charge on any atom is -0.494 e. The third-order valence-corrected chi connectivity index (χ3v) is 7.53. The van der Waals surface area contributed by atoms with E-state index in [4.69, 9.17) is 9.47 Å². The Morgan fingerprint density at radius 1 is 1.13 bits per heavy atom. The number of piperazine rings is 1. The molecule has 2 saturated heterocycles. The van der Waals surface area contributed by atoms with Gasteiger partial charge in [-0.1, -0.05) is 0 Å². The van der Waals surface area contributed by atoms with Crippen molar-refractivity contribution in [2.24, 2.45) is 0 Å². The van der Waals surface area contributed by atoms with Gasteiger partial charge in [-0.3, -0.25) is 9.69 Å². The summed E-state index contributed by atoms with van der Waals surface area (Å²) >= 11 is 0. The van der Waals surface area contributed by atoms with Crippen LogP contribution < -0.4 is 15.2 Å². The second kappa shape index (κ2) is 11.1. The predicted molar refractivity (Wildman–Crippen MR) is 145 cm³/mol. The minimum atomic E-state index is -0.458. The number of pyridine rings is 1. The van der Waals surface area contributed by atoms with Crippen LogP contribution in [0.3, 0.4) is 0 Å². The summed E-state index contributed by atoms with van der Waals surface area (Å²) < 4.78 is 26.8. The van der Waals surface area contributed by atoms with Crippen LogP contribution in [0.2, 0.25) is 0 Å². The van der Waals surface area contributed by atoms with Crippen LogP contribution in [0.25, 0.3) is 10.9 Å². The molecule has 2 aliphatic heterocycles. The quantitative estimate of drug-likeness (QED) is 0.369. The largest absolute Gasteiger partial charge is 0.494 e. The van der Waals surface area contributed by atoms with Crippen molar-refractivity contribution >= 4 is 16.6 Å². The van der Waals surface area contributed by atoms with Crippen molar-refractivity contribution < 1.29 is 13.9 Å². The van der Waals surface area contributed by atoms with Gasteiger partial charge in [-0.25, -0.2) is 9.07 Å². The maximum atomic E-state index is 13.5. The number of halogens is 1. The summed E-state index contributed by atoms with van der Waals surface area (Å²) in [5.74, 6) is 1.11. The molecule has 0 aliphatic carbocycles. The normalized spacial score (nSPS) is 19.0. The van der Waals surface area contributed by atoms with Gasteiger partial charge in [0, 0.05) is 54.9 Å².